The average Bonchev–Trinajstić information content (AvgIpc) is 2.63. The Labute approximate surface area is 118 Å². The zero-order valence-electron chi connectivity index (χ0n) is 12.6. The molecule has 2 N–H and O–H groups in total. The van der Waals surface area contributed by atoms with Gasteiger partial charge in [-0.3, -0.25) is 0 Å². The number of hydrogen-bond acceptors (Lipinski definition) is 1. The number of benzene rings is 1. The van der Waals surface area contributed by atoms with Crippen molar-refractivity contribution in [2.75, 3.05) is 6.54 Å². The summed E-state index contributed by atoms with van der Waals surface area (Å²) >= 11 is 0. The van der Waals surface area contributed by atoms with E-state index in [4.69, 9.17) is 5.73 Å². The highest BCUT2D eigenvalue weighted by atomic mass is 14.6. The number of hydrogen-bond donors (Lipinski definition) is 1. The molecule has 19 heavy (non-hydrogen) atoms. The summed E-state index contributed by atoms with van der Waals surface area (Å²) in [4.78, 5) is 0. The third-order valence-corrected chi connectivity index (χ3v) is 4.48. The summed E-state index contributed by atoms with van der Waals surface area (Å²) < 4.78 is 0. The maximum absolute atomic E-state index is 6.02. The minimum Gasteiger partial charge on any atom is -0.330 e. The first-order valence-electron chi connectivity index (χ1n) is 7.99. The Balaban J connectivity index is 2.18. The molecule has 0 radical (unpaired) electrons. The molecule has 0 amide bonds. The van der Waals surface area contributed by atoms with Gasteiger partial charge in [0.05, 0.1) is 0 Å². The van der Waals surface area contributed by atoms with Crippen molar-refractivity contribution in [3.8, 4) is 0 Å². The van der Waals surface area contributed by atoms with Crippen LogP contribution in [0, 0.1) is 11.8 Å². The summed E-state index contributed by atoms with van der Waals surface area (Å²) in [5.74, 6) is 2.12. The summed E-state index contributed by atoms with van der Waals surface area (Å²) in [6, 6.07) is 9.28. The number of rotatable bonds is 4. The molecule has 1 heteroatoms. The number of nitrogens with two attached hydrogens (primary N) is 1. The van der Waals surface area contributed by atoms with E-state index in [0.717, 1.165) is 12.5 Å². The van der Waals surface area contributed by atoms with E-state index in [1.54, 1.807) is 0 Å². The molecule has 1 aromatic carbocycles. The van der Waals surface area contributed by atoms with Crippen LogP contribution in [0.4, 0.5) is 0 Å². The van der Waals surface area contributed by atoms with Gasteiger partial charge in [-0.25, -0.2) is 0 Å². The van der Waals surface area contributed by atoms with E-state index in [-0.39, 0.29) is 0 Å². The first-order chi connectivity index (χ1) is 9.20. The molecule has 2 rings (SSSR count). The molecule has 0 aromatic heterocycles. The molecule has 1 fully saturated rings. The van der Waals surface area contributed by atoms with Gasteiger partial charge >= 0.3 is 0 Å². The highest BCUT2D eigenvalue weighted by Crippen LogP contribution is 2.36. The zero-order chi connectivity index (χ0) is 13.7. The fraction of sp³-hybridized carbons (Fsp3) is 0.667. The quantitative estimate of drug-likeness (QED) is 0.791. The van der Waals surface area contributed by atoms with Gasteiger partial charge in [0.15, 0.2) is 0 Å². The first kappa shape index (κ1) is 14.6. The molecule has 106 valence electrons. The van der Waals surface area contributed by atoms with Crippen molar-refractivity contribution in [2.45, 2.75) is 58.3 Å². The fourth-order valence-corrected chi connectivity index (χ4v) is 3.53. The van der Waals surface area contributed by atoms with Crippen molar-refractivity contribution < 1.29 is 0 Å². The highest BCUT2D eigenvalue weighted by Gasteiger charge is 2.24. The molecule has 0 aliphatic heterocycles. The van der Waals surface area contributed by atoms with E-state index >= 15 is 0 Å². The van der Waals surface area contributed by atoms with Crippen molar-refractivity contribution in [3.05, 3.63) is 35.4 Å². The maximum Gasteiger partial charge on any atom is -0.00430 e. The van der Waals surface area contributed by atoms with E-state index in [0.29, 0.717) is 11.8 Å². The van der Waals surface area contributed by atoms with E-state index in [9.17, 15) is 0 Å². The van der Waals surface area contributed by atoms with Crippen molar-refractivity contribution in [3.63, 3.8) is 0 Å². The minimum atomic E-state index is 0.691. The first-order valence-corrected chi connectivity index (χ1v) is 7.99. The Kier molecular flexibility index (Phi) is 5.45. The Hall–Kier alpha value is -0.820. The Morgan fingerprint density at radius 1 is 1.16 bits per heavy atom. The second kappa shape index (κ2) is 7.09. The third kappa shape index (κ3) is 4.07. The molecule has 2 unspecified atom stereocenters. The van der Waals surface area contributed by atoms with Crippen LogP contribution in [0.2, 0.25) is 0 Å². The molecular formula is C18H29N. The van der Waals surface area contributed by atoms with Gasteiger partial charge in [-0.1, -0.05) is 57.4 Å². The topological polar surface area (TPSA) is 26.0 Å². The van der Waals surface area contributed by atoms with Gasteiger partial charge in [-0.05, 0) is 54.7 Å². The summed E-state index contributed by atoms with van der Waals surface area (Å²) in [6.45, 7) is 5.43. The molecule has 1 nitrogen and oxygen atoms in total. The third-order valence-electron chi connectivity index (χ3n) is 4.48. The summed E-state index contributed by atoms with van der Waals surface area (Å²) in [5, 5.41) is 0. The maximum atomic E-state index is 6.02. The standard InChI is InChI=1S/C18H29N/c1-14(2)11-15-7-6-9-16(12-15)18-10-5-3-4-8-17(18)13-19/h6-7,9,12,14,17-18H,3-5,8,10-11,13,19H2,1-2H3. The molecule has 1 aliphatic carbocycles. The van der Waals surface area contributed by atoms with E-state index in [1.165, 1.54) is 49.7 Å². The predicted octanol–water partition coefficient (Wildman–Crippen LogP) is 4.51. The van der Waals surface area contributed by atoms with Gasteiger partial charge in [0.1, 0.15) is 0 Å². The molecule has 0 saturated heterocycles. The monoisotopic (exact) mass is 259 g/mol. The molecule has 0 heterocycles. The normalized spacial score (nSPS) is 24.4. The molecule has 1 aromatic rings. The summed E-state index contributed by atoms with van der Waals surface area (Å²) in [7, 11) is 0. The van der Waals surface area contributed by atoms with Crippen LogP contribution in [-0.4, -0.2) is 6.54 Å². The second-order valence-corrected chi connectivity index (χ2v) is 6.58. The molecular weight excluding hydrogens is 230 g/mol. The van der Waals surface area contributed by atoms with Gasteiger partial charge in [-0.2, -0.15) is 0 Å². The summed E-state index contributed by atoms with van der Waals surface area (Å²) in [5.41, 5.74) is 9.05. The molecule has 0 spiro atoms. The largest absolute Gasteiger partial charge is 0.330 e. The fourth-order valence-electron chi connectivity index (χ4n) is 3.53. The van der Waals surface area contributed by atoms with Crippen molar-refractivity contribution in [1.29, 1.82) is 0 Å². The van der Waals surface area contributed by atoms with Crippen LogP contribution in [0.5, 0.6) is 0 Å². The molecule has 2 atom stereocenters. The van der Waals surface area contributed by atoms with Crippen molar-refractivity contribution in [2.24, 2.45) is 17.6 Å². The highest BCUT2D eigenvalue weighted by molar-refractivity contribution is 5.27. The van der Waals surface area contributed by atoms with E-state index < -0.39 is 0 Å². The molecule has 0 bridgehead atoms. The van der Waals surface area contributed by atoms with Crippen LogP contribution >= 0.6 is 0 Å². The minimum absolute atomic E-state index is 0.691. The molecule has 1 saturated carbocycles. The lowest BCUT2D eigenvalue weighted by Gasteiger charge is -2.25. The van der Waals surface area contributed by atoms with Gasteiger partial charge < -0.3 is 5.73 Å². The van der Waals surface area contributed by atoms with E-state index in [2.05, 4.69) is 38.1 Å². The lowest BCUT2D eigenvalue weighted by molar-refractivity contribution is 0.408. The van der Waals surface area contributed by atoms with Crippen LogP contribution in [0.15, 0.2) is 24.3 Å². The predicted molar refractivity (Wildman–Crippen MR) is 83.4 cm³/mol. The van der Waals surface area contributed by atoms with Gasteiger partial charge in [0, 0.05) is 0 Å². The van der Waals surface area contributed by atoms with Gasteiger partial charge in [0.25, 0.3) is 0 Å². The van der Waals surface area contributed by atoms with Crippen molar-refractivity contribution in [1.82, 2.24) is 0 Å². The van der Waals surface area contributed by atoms with Crippen molar-refractivity contribution >= 4 is 0 Å². The Morgan fingerprint density at radius 3 is 2.68 bits per heavy atom. The van der Waals surface area contributed by atoms with Gasteiger partial charge in [-0.15, -0.1) is 0 Å². The van der Waals surface area contributed by atoms with Crippen LogP contribution in [-0.2, 0) is 6.42 Å². The van der Waals surface area contributed by atoms with Crippen LogP contribution in [0.25, 0.3) is 0 Å². The van der Waals surface area contributed by atoms with Crippen LogP contribution < -0.4 is 5.73 Å². The van der Waals surface area contributed by atoms with Crippen LogP contribution in [0.3, 0.4) is 0 Å². The Bertz CT molecular complexity index is 383. The average molecular weight is 259 g/mol. The van der Waals surface area contributed by atoms with Gasteiger partial charge in [0.2, 0.25) is 0 Å². The smallest absolute Gasteiger partial charge is 0.00430 e. The lowest BCUT2D eigenvalue weighted by Crippen LogP contribution is -2.21. The van der Waals surface area contributed by atoms with Crippen LogP contribution in [0.1, 0.15) is 63.0 Å². The summed E-state index contributed by atoms with van der Waals surface area (Å²) in [6.07, 6.45) is 7.95. The Morgan fingerprint density at radius 2 is 1.95 bits per heavy atom. The zero-order valence-corrected chi connectivity index (χ0v) is 12.6. The second-order valence-electron chi connectivity index (χ2n) is 6.58. The SMILES string of the molecule is CC(C)Cc1cccc(C2CCCCCC2CN)c1. The molecule has 1 aliphatic rings. The van der Waals surface area contributed by atoms with E-state index in [1.807, 2.05) is 0 Å². The lowest BCUT2D eigenvalue weighted by atomic mass is 9.81.